The second-order valence-electron chi connectivity index (χ2n) is 15.8. The minimum Gasteiger partial charge on any atom is -0.458 e. The highest BCUT2D eigenvalue weighted by Gasteiger charge is 2.23. The number of hydrogen-bond acceptors (Lipinski definition) is 5. The van der Waals surface area contributed by atoms with E-state index in [1.165, 1.54) is 64.2 Å². The van der Waals surface area contributed by atoms with E-state index in [1.807, 2.05) is 6.08 Å². The lowest BCUT2D eigenvalue weighted by Gasteiger charge is -2.23. The normalized spacial score (nSPS) is 14.2. The molecule has 0 rings (SSSR count). The molecule has 0 spiro atoms. The molecule has 59 heavy (non-hydrogen) atoms. The third-order valence-electron chi connectivity index (χ3n) is 10.1. The van der Waals surface area contributed by atoms with Gasteiger partial charge in [-0.05, 0) is 89.5 Å². The van der Waals surface area contributed by atoms with Gasteiger partial charge in [0.15, 0.2) is 0 Å². The van der Waals surface area contributed by atoms with Gasteiger partial charge in [-0.1, -0.05) is 195 Å². The molecule has 6 heteroatoms. The van der Waals surface area contributed by atoms with Gasteiger partial charge in [0.1, 0.15) is 6.10 Å². The van der Waals surface area contributed by atoms with Crippen LogP contribution >= 0.6 is 0 Å². The lowest BCUT2D eigenvalue weighted by Crippen LogP contribution is -2.46. The van der Waals surface area contributed by atoms with Crippen molar-refractivity contribution in [1.82, 2.24) is 5.32 Å². The fraction of sp³-hybridized carbons (Fsp3) is 0.660. The fourth-order valence-electron chi connectivity index (χ4n) is 6.51. The van der Waals surface area contributed by atoms with E-state index in [0.717, 1.165) is 89.9 Å². The van der Waals surface area contributed by atoms with Crippen molar-refractivity contribution in [1.29, 1.82) is 0 Å². The third kappa shape index (κ3) is 41.3. The number of ether oxygens (including phenoxy) is 1. The van der Waals surface area contributed by atoms with Crippen molar-refractivity contribution in [3.05, 3.63) is 97.2 Å². The summed E-state index contributed by atoms with van der Waals surface area (Å²) in [5.74, 6) is -0.665. The Bertz CT molecular complexity index is 1190. The maximum absolute atomic E-state index is 13.1. The number of aliphatic hydroxyl groups excluding tert-OH is 2. The third-order valence-corrected chi connectivity index (χ3v) is 10.1. The summed E-state index contributed by atoms with van der Waals surface area (Å²) in [7, 11) is 0. The molecule has 0 aromatic heterocycles. The number of amides is 1. The molecule has 3 unspecified atom stereocenters. The van der Waals surface area contributed by atoms with Crippen LogP contribution in [-0.4, -0.2) is 46.9 Å². The zero-order chi connectivity index (χ0) is 43.1. The second kappa shape index (κ2) is 45.9. The number of nitrogens with one attached hydrogen (secondary N) is 1. The van der Waals surface area contributed by atoms with Crippen molar-refractivity contribution in [2.45, 2.75) is 219 Å². The molecule has 0 aromatic rings. The van der Waals surface area contributed by atoms with Gasteiger partial charge in [0.05, 0.1) is 25.2 Å². The van der Waals surface area contributed by atoms with E-state index < -0.39 is 18.2 Å². The van der Waals surface area contributed by atoms with Crippen LogP contribution in [0.4, 0.5) is 0 Å². The largest absolute Gasteiger partial charge is 0.458 e. The molecule has 0 radical (unpaired) electrons. The number of rotatable bonds is 41. The average molecular weight is 820 g/mol. The van der Waals surface area contributed by atoms with Gasteiger partial charge >= 0.3 is 5.97 Å². The Balaban J connectivity index is 4.80. The Morgan fingerprint density at radius 1 is 0.525 bits per heavy atom. The molecule has 336 valence electrons. The monoisotopic (exact) mass is 820 g/mol. The van der Waals surface area contributed by atoms with E-state index >= 15 is 0 Å². The van der Waals surface area contributed by atoms with E-state index in [1.54, 1.807) is 6.08 Å². The molecule has 1 amide bonds. The van der Waals surface area contributed by atoms with E-state index in [4.69, 9.17) is 4.74 Å². The zero-order valence-electron chi connectivity index (χ0n) is 38.1. The lowest BCUT2D eigenvalue weighted by molar-refractivity contribution is -0.148. The number of allylic oxidation sites excluding steroid dienone is 15. The van der Waals surface area contributed by atoms with Crippen molar-refractivity contribution < 1.29 is 24.5 Å². The van der Waals surface area contributed by atoms with Crippen LogP contribution in [0.5, 0.6) is 0 Å². The smallest absolute Gasteiger partial charge is 0.306 e. The predicted octanol–water partition coefficient (Wildman–Crippen LogP) is 14.2. The molecule has 0 aliphatic carbocycles. The summed E-state index contributed by atoms with van der Waals surface area (Å²) in [6.07, 6.45) is 60.7. The molecular weight excluding hydrogens is 731 g/mol. The summed E-state index contributed by atoms with van der Waals surface area (Å²) in [5.41, 5.74) is 0. The van der Waals surface area contributed by atoms with Crippen molar-refractivity contribution >= 4 is 11.9 Å². The highest BCUT2D eigenvalue weighted by Crippen LogP contribution is 2.14. The topological polar surface area (TPSA) is 95.9 Å². The number of unbranched alkanes of at least 4 members (excludes halogenated alkanes) is 15. The quantitative estimate of drug-likeness (QED) is 0.0324. The van der Waals surface area contributed by atoms with E-state index in [0.29, 0.717) is 19.3 Å². The van der Waals surface area contributed by atoms with Gasteiger partial charge in [0, 0.05) is 6.42 Å². The Morgan fingerprint density at radius 2 is 0.949 bits per heavy atom. The predicted molar refractivity (Wildman–Crippen MR) is 254 cm³/mol. The zero-order valence-corrected chi connectivity index (χ0v) is 38.1. The van der Waals surface area contributed by atoms with Crippen LogP contribution in [0, 0.1) is 0 Å². The van der Waals surface area contributed by atoms with Crippen molar-refractivity contribution in [3.8, 4) is 0 Å². The maximum atomic E-state index is 13.1. The molecule has 0 bridgehead atoms. The summed E-state index contributed by atoms with van der Waals surface area (Å²) < 4.78 is 5.79. The van der Waals surface area contributed by atoms with E-state index in [-0.39, 0.29) is 24.9 Å². The Morgan fingerprint density at radius 3 is 1.47 bits per heavy atom. The van der Waals surface area contributed by atoms with Gasteiger partial charge in [-0.2, -0.15) is 0 Å². The first-order valence-corrected chi connectivity index (χ1v) is 24.0. The number of carbonyl (C=O) groups is 2. The highest BCUT2D eigenvalue weighted by atomic mass is 16.5. The van der Waals surface area contributed by atoms with E-state index in [9.17, 15) is 19.8 Å². The lowest BCUT2D eigenvalue weighted by atomic mass is 10.0. The first-order valence-electron chi connectivity index (χ1n) is 24.0. The molecule has 0 aromatic carbocycles. The highest BCUT2D eigenvalue weighted by molar-refractivity contribution is 5.78. The van der Waals surface area contributed by atoms with Crippen LogP contribution in [0.2, 0.25) is 0 Å². The fourth-order valence-corrected chi connectivity index (χ4v) is 6.51. The van der Waals surface area contributed by atoms with Crippen LogP contribution in [0.25, 0.3) is 0 Å². The molecule has 0 aliphatic rings. The molecule has 0 saturated carbocycles. The summed E-state index contributed by atoms with van der Waals surface area (Å²) in [6.45, 7) is 6.26. The molecule has 6 nitrogen and oxygen atoms in total. The van der Waals surface area contributed by atoms with Gasteiger partial charge in [-0.15, -0.1) is 0 Å². The van der Waals surface area contributed by atoms with E-state index in [2.05, 4.69) is 111 Å². The number of carbonyl (C=O) groups excluding carboxylic acids is 2. The standard InChI is InChI=1S/C53H89NO5/c1-4-7-10-13-16-19-21-23-25-26-27-29-31-34-37-40-43-46-53(58)59-49(44-41-38-35-33-30-28-24-22-20-17-14-11-8-5-2)47-52(57)54-50(48-55)51(56)45-42-39-36-32-18-15-12-9-6-3/h8,11,16-17,19-20,23-25,27-29,33,35,41,44,49-51,55-56H,4-7,9-10,12-15,18,21-22,26,30-32,34,36-40,42-43,45-48H2,1-3H3,(H,54,57)/b11-8+,19-16-,20-17+,25-23-,28-24+,29-27-,35-33+,44-41+. The minimum atomic E-state index is -0.826. The first-order chi connectivity index (χ1) is 29.0. The summed E-state index contributed by atoms with van der Waals surface area (Å²) >= 11 is 0. The van der Waals surface area contributed by atoms with Crippen LogP contribution in [0.3, 0.4) is 0 Å². The van der Waals surface area contributed by atoms with Gasteiger partial charge in [-0.3, -0.25) is 9.59 Å². The van der Waals surface area contributed by atoms with Crippen LogP contribution in [0.15, 0.2) is 97.2 Å². The van der Waals surface area contributed by atoms with Crippen molar-refractivity contribution in [2.75, 3.05) is 6.61 Å². The summed E-state index contributed by atoms with van der Waals surface area (Å²) in [4.78, 5) is 26.0. The SMILES string of the molecule is CC/C=C/C/C=C/C/C=C/C/C=C/C/C=C/C(CC(=O)NC(CO)C(O)CCCCCCCCCCC)OC(=O)CCCCCC/C=C\C/C=C\C/C=C\CCCCC. The summed E-state index contributed by atoms with van der Waals surface area (Å²) in [5, 5.41) is 23.5. The first kappa shape index (κ1) is 55.8. The van der Waals surface area contributed by atoms with Crippen LogP contribution in [-0.2, 0) is 14.3 Å². The molecule has 3 N–H and O–H groups in total. The maximum Gasteiger partial charge on any atom is 0.306 e. The van der Waals surface area contributed by atoms with Gasteiger partial charge in [-0.25, -0.2) is 0 Å². The number of esters is 1. The van der Waals surface area contributed by atoms with Crippen molar-refractivity contribution in [3.63, 3.8) is 0 Å². The van der Waals surface area contributed by atoms with Gasteiger partial charge < -0.3 is 20.3 Å². The molecule has 3 atom stereocenters. The molecule has 0 saturated heterocycles. The Hall–Kier alpha value is -3.22. The summed E-state index contributed by atoms with van der Waals surface area (Å²) in [6, 6.07) is -0.750. The molecular formula is C53H89NO5. The molecule has 0 aliphatic heterocycles. The van der Waals surface area contributed by atoms with Crippen molar-refractivity contribution in [2.24, 2.45) is 0 Å². The van der Waals surface area contributed by atoms with Crippen LogP contribution in [0.1, 0.15) is 201 Å². The Kier molecular flexibility index (Phi) is 43.4. The molecule has 0 heterocycles. The van der Waals surface area contributed by atoms with Crippen LogP contribution < -0.4 is 5.32 Å². The Labute approximate surface area is 363 Å². The average Bonchev–Trinajstić information content (AvgIpc) is 3.23. The second-order valence-corrected chi connectivity index (χ2v) is 15.8. The number of aliphatic hydroxyl groups is 2. The van der Waals surface area contributed by atoms with Gasteiger partial charge in [0.25, 0.3) is 0 Å². The van der Waals surface area contributed by atoms with Gasteiger partial charge in [0.2, 0.25) is 5.91 Å². The number of hydrogen-bond donors (Lipinski definition) is 3. The minimum absolute atomic E-state index is 0.0605. The molecule has 0 fully saturated rings.